The van der Waals surface area contributed by atoms with Crippen LogP contribution in [0.3, 0.4) is 0 Å². The maximum absolute atomic E-state index is 4.40. The molecular formula is C13H17N5. The standard InChI is InChI=1S/C13H17N5/c1-17-8-6-15-13(17)9-18-7-2-3-12(18)11-4-5-14-10-16-11/h4-6,8,10,12H,2-3,7,9H2,1H3. The van der Waals surface area contributed by atoms with Crippen molar-refractivity contribution < 1.29 is 0 Å². The molecule has 0 radical (unpaired) electrons. The second-order valence-corrected chi connectivity index (χ2v) is 4.72. The van der Waals surface area contributed by atoms with Crippen molar-refractivity contribution >= 4 is 0 Å². The zero-order chi connectivity index (χ0) is 12.4. The summed E-state index contributed by atoms with van der Waals surface area (Å²) in [5.74, 6) is 1.11. The molecule has 0 saturated carbocycles. The first kappa shape index (κ1) is 11.3. The van der Waals surface area contributed by atoms with E-state index in [0.29, 0.717) is 6.04 Å². The number of nitrogens with zero attached hydrogens (tertiary/aromatic N) is 5. The summed E-state index contributed by atoms with van der Waals surface area (Å²) in [5, 5.41) is 0. The molecule has 0 amide bonds. The molecule has 0 aliphatic carbocycles. The van der Waals surface area contributed by atoms with Gasteiger partial charge in [0.2, 0.25) is 0 Å². The van der Waals surface area contributed by atoms with Crippen LogP contribution in [0.25, 0.3) is 0 Å². The minimum atomic E-state index is 0.407. The van der Waals surface area contributed by atoms with E-state index in [9.17, 15) is 0 Å². The third kappa shape index (κ3) is 2.13. The molecule has 3 heterocycles. The van der Waals surface area contributed by atoms with Crippen LogP contribution in [0.1, 0.15) is 30.4 Å². The molecule has 0 aromatic carbocycles. The Balaban J connectivity index is 1.78. The highest BCUT2D eigenvalue weighted by Gasteiger charge is 2.27. The number of likely N-dealkylation sites (tertiary alicyclic amines) is 1. The molecule has 1 aliphatic rings. The molecule has 1 unspecified atom stereocenters. The van der Waals surface area contributed by atoms with Crippen molar-refractivity contribution in [3.63, 3.8) is 0 Å². The Morgan fingerprint density at radius 3 is 3.00 bits per heavy atom. The number of rotatable bonds is 3. The summed E-state index contributed by atoms with van der Waals surface area (Å²) in [6, 6.07) is 2.42. The van der Waals surface area contributed by atoms with Gasteiger partial charge >= 0.3 is 0 Å². The Morgan fingerprint density at radius 2 is 2.28 bits per heavy atom. The highest BCUT2D eigenvalue weighted by Crippen LogP contribution is 2.31. The van der Waals surface area contributed by atoms with Gasteiger partial charge in [0.25, 0.3) is 0 Å². The zero-order valence-corrected chi connectivity index (χ0v) is 10.5. The lowest BCUT2D eigenvalue weighted by Gasteiger charge is -2.23. The van der Waals surface area contributed by atoms with Crippen LogP contribution in [0.15, 0.2) is 31.0 Å². The Kier molecular flexibility index (Phi) is 3.06. The topological polar surface area (TPSA) is 46.8 Å². The predicted molar refractivity (Wildman–Crippen MR) is 67.6 cm³/mol. The summed E-state index contributed by atoms with van der Waals surface area (Å²) in [5.41, 5.74) is 1.12. The molecule has 0 spiro atoms. The van der Waals surface area contributed by atoms with Gasteiger partial charge in [0.1, 0.15) is 12.2 Å². The zero-order valence-electron chi connectivity index (χ0n) is 10.5. The van der Waals surface area contributed by atoms with E-state index in [1.54, 1.807) is 6.33 Å². The van der Waals surface area contributed by atoms with Gasteiger partial charge in [-0.2, -0.15) is 0 Å². The molecule has 0 N–H and O–H groups in total. The van der Waals surface area contributed by atoms with Crippen LogP contribution in [0.2, 0.25) is 0 Å². The first-order valence-electron chi connectivity index (χ1n) is 6.31. The fraction of sp³-hybridized carbons (Fsp3) is 0.462. The highest BCUT2D eigenvalue weighted by molar-refractivity contribution is 5.07. The molecule has 5 heteroatoms. The van der Waals surface area contributed by atoms with E-state index in [0.717, 1.165) is 24.6 Å². The Morgan fingerprint density at radius 1 is 1.33 bits per heavy atom. The summed E-state index contributed by atoms with van der Waals surface area (Å²) >= 11 is 0. The lowest BCUT2D eigenvalue weighted by Crippen LogP contribution is -2.25. The van der Waals surface area contributed by atoms with Crippen LogP contribution >= 0.6 is 0 Å². The van der Waals surface area contributed by atoms with Gasteiger partial charge in [0, 0.05) is 25.6 Å². The van der Waals surface area contributed by atoms with Crippen LogP contribution in [0.5, 0.6) is 0 Å². The normalized spacial score (nSPS) is 20.4. The van der Waals surface area contributed by atoms with Gasteiger partial charge in [-0.05, 0) is 25.5 Å². The van der Waals surface area contributed by atoms with Crippen molar-refractivity contribution in [3.8, 4) is 0 Å². The van der Waals surface area contributed by atoms with Crippen molar-refractivity contribution in [1.82, 2.24) is 24.4 Å². The molecule has 2 aromatic rings. The maximum Gasteiger partial charge on any atom is 0.122 e. The Hall–Kier alpha value is -1.75. The number of aromatic nitrogens is 4. The molecule has 1 fully saturated rings. The monoisotopic (exact) mass is 243 g/mol. The largest absolute Gasteiger partial charge is 0.337 e. The van der Waals surface area contributed by atoms with Gasteiger partial charge in [-0.15, -0.1) is 0 Å². The molecule has 1 saturated heterocycles. The van der Waals surface area contributed by atoms with Gasteiger partial charge in [-0.25, -0.2) is 15.0 Å². The van der Waals surface area contributed by atoms with Crippen LogP contribution in [-0.4, -0.2) is 31.0 Å². The molecule has 0 bridgehead atoms. The third-order valence-electron chi connectivity index (χ3n) is 3.58. The summed E-state index contributed by atoms with van der Waals surface area (Å²) in [7, 11) is 2.04. The van der Waals surface area contributed by atoms with Crippen molar-refractivity contribution in [1.29, 1.82) is 0 Å². The second kappa shape index (κ2) is 4.86. The van der Waals surface area contributed by atoms with Crippen molar-refractivity contribution in [2.24, 2.45) is 7.05 Å². The second-order valence-electron chi connectivity index (χ2n) is 4.72. The van der Waals surface area contributed by atoms with E-state index in [1.165, 1.54) is 12.8 Å². The Labute approximate surface area is 107 Å². The van der Waals surface area contributed by atoms with E-state index in [-0.39, 0.29) is 0 Å². The van der Waals surface area contributed by atoms with Crippen LogP contribution in [0.4, 0.5) is 0 Å². The summed E-state index contributed by atoms with van der Waals surface area (Å²) < 4.78 is 2.08. The number of imidazole rings is 1. The van der Waals surface area contributed by atoms with Gasteiger partial charge in [0.05, 0.1) is 18.3 Å². The first-order chi connectivity index (χ1) is 8.84. The van der Waals surface area contributed by atoms with Crippen LogP contribution in [-0.2, 0) is 13.6 Å². The lowest BCUT2D eigenvalue weighted by molar-refractivity contribution is 0.236. The molecule has 18 heavy (non-hydrogen) atoms. The molecule has 2 aromatic heterocycles. The van der Waals surface area contributed by atoms with Crippen LogP contribution in [0, 0.1) is 0 Å². The molecule has 1 atom stereocenters. The first-order valence-corrected chi connectivity index (χ1v) is 6.31. The summed E-state index contributed by atoms with van der Waals surface area (Å²) in [6.07, 6.45) is 9.68. The molecular weight excluding hydrogens is 226 g/mol. The minimum Gasteiger partial charge on any atom is -0.337 e. The molecule has 5 nitrogen and oxygen atoms in total. The fourth-order valence-electron chi connectivity index (χ4n) is 2.58. The van der Waals surface area contributed by atoms with E-state index >= 15 is 0 Å². The van der Waals surface area contributed by atoms with E-state index in [4.69, 9.17) is 0 Å². The number of aryl methyl sites for hydroxylation is 1. The van der Waals surface area contributed by atoms with Crippen molar-refractivity contribution in [2.75, 3.05) is 6.54 Å². The van der Waals surface area contributed by atoms with Gasteiger partial charge < -0.3 is 4.57 Å². The predicted octanol–water partition coefficient (Wildman–Crippen LogP) is 1.55. The average molecular weight is 243 g/mol. The SMILES string of the molecule is Cn1ccnc1CN1CCCC1c1ccncn1. The highest BCUT2D eigenvalue weighted by atomic mass is 15.2. The van der Waals surface area contributed by atoms with E-state index in [2.05, 4.69) is 24.4 Å². The Bertz CT molecular complexity index is 507. The number of hydrogen-bond donors (Lipinski definition) is 0. The van der Waals surface area contributed by atoms with Gasteiger partial charge in [-0.3, -0.25) is 4.90 Å². The fourth-order valence-corrected chi connectivity index (χ4v) is 2.58. The molecule has 94 valence electrons. The molecule has 3 rings (SSSR count). The quantitative estimate of drug-likeness (QED) is 0.820. The van der Waals surface area contributed by atoms with E-state index in [1.807, 2.05) is 31.7 Å². The van der Waals surface area contributed by atoms with E-state index < -0.39 is 0 Å². The molecule has 1 aliphatic heterocycles. The van der Waals surface area contributed by atoms with Crippen molar-refractivity contribution in [3.05, 3.63) is 42.5 Å². The van der Waals surface area contributed by atoms with Gasteiger partial charge in [0.15, 0.2) is 0 Å². The summed E-state index contributed by atoms with van der Waals surface area (Å²) in [6.45, 7) is 2.00. The van der Waals surface area contributed by atoms with Crippen LogP contribution < -0.4 is 0 Å². The minimum absolute atomic E-state index is 0.407. The lowest BCUT2D eigenvalue weighted by atomic mass is 10.1. The third-order valence-corrected chi connectivity index (χ3v) is 3.58. The van der Waals surface area contributed by atoms with Gasteiger partial charge in [-0.1, -0.05) is 0 Å². The smallest absolute Gasteiger partial charge is 0.122 e. The summed E-state index contributed by atoms with van der Waals surface area (Å²) in [4.78, 5) is 15.2. The number of hydrogen-bond acceptors (Lipinski definition) is 4. The maximum atomic E-state index is 4.40. The van der Waals surface area contributed by atoms with Crippen molar-refractivity contribution in [2.45, 2.75) is 25.4 Å². The average Bonchev–Trinajstić information content (AvgIpc) is 3.01.